The number of halogens is 3. The van der Waals surface area contributed by atoms with E-state index in [0.717, 1.165) is 12.1 Å². The molecule has 20 heavy (non-hydrogen) atoms. The van der Waals surface area contributed by atoms with Crippen molar-refractivity contribution in [2.45, 2.75) is 13.8 Å². The highest BCUT2D eigenvalue weighted by Gasteiger charge is 2.15. The lowest BCUT2D eigenvalue weighted by atomic mass is 10.2. The molecule has 104 valence electrons. The van der Waals surface area contributed by atoms with Crippen LogP contribution in [0.2, 0.25) is 5.02 Å². The summed E-state index contributed by atoms with van der Waals surface area (Å²) in [4.78, 5) is 15.9. The maximum Gasteiger partial charge on any atom is 0.258 e. The van der Waals surface area contributed by atoms with Gasteiger partial charge >= 0.3 is 0 Å². The van der Waals surface area contributed by atoms with Gasteiger partial charge in [-0.3, -0.25) is 9.78 Å². The quantitative estimate of drug-likeness (QED) is 0.913. The van der Waals surface area contributed by atoms with Crippen molar-refractivity contribution in [2.75, 3.05) is 5.32 Å². The van der Waals surface area contributed by atoms with Crippen molar-refractivity contribution in [1.82, 2.24) is 4.98 Å². The molecule has 0 spiro atoms. The van der Waals surface area contributed by atoms with Crippen molar-refractivity contribution in [3.8, 4) is 0 Å². The Morgan fingerprint density at radius 2 is 1.90 bits per heavy atom. The Labute approximate surface area is 119 Å². The molecule has 0 saturated heterocycles. The molecule has 2 rings (SSSR count). The van der Waals surface area contributed by atoms with Crippen molar-refractivity contribution in [3.05, 3.63) is 57.9 Å². The van der Waals surface area contributed by atoms with Crippen LogP contribution in [0.15, 0.2) is 24.4 Å². The highest BCUT2D eigenvalue weighted by atomic mass is 35.5. The van der Waals surface area contributed by atoms with Gasteiger partial charge in [-0.1, -0.05) is 11.6 Å². The predicted molar refractivity (Wildman–Crippen MR) is 73.0 cm³/mol. The van der Waals surface area contributed by atoms with Crippen LogP contribution in [0.5, 0.6) is 0 Å². The molecule has 0 aliphatic heterocycles. The van der Waals surface area contributed by atoms with Crippen molar-refractivity contribution >= 4 is 23.2 Å². The van der Waals surface area contributed by atoms with Crippen LogP contribution in [0.1, 0.15) is 21.6 Å². The van der Waals surface area contributed by atoms with Crippen LogP contribution in [-0.2, 0) is 0 Å². The number of benzene rings is 1. The van der Waals surface area contributed by atoms with E-state index in [4.69, 9.17) is 11.6 Å². The topological polar surface area (TPSA) is 42.0 Å². The van der Waals surface area contributed by atoms with Crippen LogP contribution in [0, 0.1) is 25.5 Å². The fourth-order valence-corrected chi connectivity index (χ4v) is 1.92. The van der Waals surface area contributed by atoms with E-state index in [2.05, 4.69) is 10.3 Å². The molecule has 3 nitrogen and oxygen atoms in total. The number of aryl methyl sites for hydroxylation is 2. The number of pyridine rings is 1. The van der Waals surface area contributed by atoms with E-state index in [1.165, 1.54) is 19.2 Å². The lowest BCUT2D eigenvalue weighted by Gasteiger charge is -2.09. The van der Waals surface area contributed by atoms with Crippen LogP contribution >= 0.6 is 11.6 Å². The smallest absolute Gasteiger partial charge is 0.258 e. The van der Waals surface area contributed by atoms with E-state index in [0.29, 0.717) is 5.69 Å². The summed E-state index contributed by atoms with van der Waals surface area (Å²) in [5.41, 5.74) is 0.669. The Hall–Kier alpha value is -2.01. The Morgan fingerprint density at radius 3 is 2.55 bits per heavy atom. The number of hydrogen-bond donors (Lipinski definition) is 1. The van der Waals surface area contributed by atoms with Crippen LogP contribution in [0.25, 0.3) is 0 Å². The molecule has 0 radical (unpaired) electrons. The van der Waals surface area contributed by atoms with E-state index in [-0.39, 0.29) is 21.8 Å². The van der Waals surface area contributed by atoms with E-state index >= 15 is 0 Å². The van der Waals surface area contributed by atoms with Crippen LogP contribution < -0.4 is 5.32 Å². The standard InChI is InChI=1S/C14H11ClF2N2O/c1-7-3-12(17)13(5-11(7)16)19-14(20)9-6-18-8(2)4-10(9)15/h3-6H,1-2H3,(H,19,20). The predicted octanol–water partition coefficient (Wildman–Crippen LogP) is 3.88. The first-order chi connectivity index (χ1) is 9.38. The van der Waals surface area contributed by atoms with Gasteiger partial charge in [0, 0.05) is 18.0 Å². The molecule has 0 unspecified atom stereocenters. The first kappa shape index (κ1) is 14.4. The monoisotopic (exact) mass is 296 g/mol. The fraction of sp³-hybridized carbons (Fsp3) is 0.143. The summed E-state index contributed by atoms with van der Waals surface area (Å²) >= 11 is 5.92. The molecule has 0 bridgehead atoms. The van der Waals surface area contributed by atoms with E-state index < -0.39 is 17.5 Å². The summed E-state index contributed by atoms with van der Waals surface area (Å²) in [5, 5.41) is 2.47. The molecule has 2 aromatic rings. The van der Waals surface area contributed by atoms with Crippen LogP contribution in [0.4, 0.5) is 14.5 Å². The van der Waals surface area contributed by atoms with Gasteiger partial charge in [0.25, 0.3) is 5.91 Å². The number of amides is 1. The van der Waals surface area contributed by atoms with Gasteiger partial charge in [-0.05, 0) is 31.5 Å². The van der Waals surface area contributed by atoms with Gasteiger partial charge in [-0.15, -0.1) is 0 Å². The molecule has 0 aliphatic carbocycles. The number of rotatable bonds is 2. The minimum Gasteiger partial charge on any atom is -0.319 e. The molecule has 0 aliphatic rings. The largest absolute Gasteiger partial charge is 0.319 e. The first-order valence-electron chi connectivity index (χ1n) is 5.77. The molecule has 1 aromatic heterocycles. The van der Waals surface area contributed by atoms with Gasteiger partial charge in [0.05, 0.1) is 16.3 Å². The number of aromatic nitrogens is 1. The van der Waals surface area contributed by atoms with Gasteiger partial charge in [0.1, 0.15) is 11.6 Å². The van der Waals surface area contributed by atoms with Gasteiger partial charge < -0.3 is 5.32 Å². The maximum atomic E-state index is 13.6. The summed E-state index contributed by atoms with van der Waals surface area (Å²) in [6.07, 6.45) is 1.29. The summed E-state index contributed by atoms with van der Waals surface area (Å²) in [7, 11) is 0. The number of anilines is 1. The lowest BCUT2D eigenvalue weighted by Crippen LogP contribution is -2.14. The van der Waals surface area contributed by atoms with Gasteiger partial charge in [0.15, 0.2) is 0 Å². The highest BCUT2D eigenvalue weighted by Crippen LogP contribution is 2.21. The average molecular weight is 297 g/mol. The van der Waals surface area contributed by atoms with Crippen LogP contribution in [0.3, 0.4) is 0 Å². The lowest BCUT2D eigenvalue weighted by molar-refractivity contribution is 0.102. The third-order valence-electron chi connectivity index (χ3n) is 2.73. The van der Waals surface area contributed by atoms with Crippen molar-refractivity contribution in [1.29, 1.82) is 0 Å². The second-order valence-corrected chi connectivity index (χ2v) is 4.75. The zero-order valence-electron chi connectivity index (χ0n) is 10.8. The number of hydrogen-bond acceptors (Lipinski definition) is 2. The van der Waals surface area contributed by atoms with Gasteiger partial charge in [-0.2, -0.15) is 0 Å². The maximum absolute atomic E-state index is 13.6. The number of nitrogens with zero attached hydrogens (tertiary/aromatic N) is 1. The van der Waals surface area contributed by atoms with E-state index in [9.17, 15) is 13.6 Å². The third-order valence-corrected chi connectivity index (χ3v) is 3.04. The Morgan fingerprint density at radius 1 is 1.20 bits per heavy atom. The van der Waals surface area contributed by atoms with Crippen LogP contribution in [-0.4, -0.2) is 10.9 Å². The minimum atomic E-state index is -0.714. The molecule has 0 fully saturated rings. The Balaban J connectivity index is 2.30. The van der Waals surface area contributed by atoms with Gasteiger partial charge in [0.2, 0.25) is 0 Å². The summed E-state index contributed by atoms with van der Waals surface area (Å²) < 4.78 is 27.0. The number of carbonyl (C=O) groups is 1. The van der Waals surface area contributed by atoms with Crippen molar-refractivity contribution < 1.29 is 13.6 Å². The highest BCUT2D eigenvalue weighted by molar-refractivity contribution is 6.34. The normalized spacial score (nSPS) is 10.4. The molecule has 0 saturated carbocycles. The second kappa shape index (κ2) is 5.54. The van der Waals surface area contributed by atoms with Gasteiger partial charge in [-0.25, -0.2) is 8.78 Å². The SMILES string of the molecule is Cc1cc(Cl)c(C(=O)Nc2cc(F)c(C)cc2F)cn1. The molecule has 1 amide bonds. The third kappa shape index (κ3) is 2.93. The number of carbonyl (C=O) groups excluding carboxylic acids is 1. The molecule has 0 atom stereocenters. The van der Waals surface area contributed by atoms with Crippen molar-refractivity contribution in [3.63, 3.8) is 0 Å². The van der Waals surface area contributed by atoms with Crippen molar-refractivity contribution in [2.24, 2.45) is 0 Å². The minimum absolute atomic E-state index is 0.0950. The summed E-state index contributed by atoms with van der Waals surface area (Å²) in [6.45, 7) is 3.16. The average Bonchev–Trinajstić information content (AvgIpc) is 2.35. The molecule has 1 aromatic carbocycles. The fourth-order valence-electron chi connectivity index (χ4n) is 1.63. The summed E-state index contributed by atoms with van der Waals surface area (Å²) in [6, 6.07) is 3.46. The molecular formula is C14H11ClF2N2O. The van der Waals surface area contributed by atoms with E-state index in [1.807, 2.05) is 0 Å². The molecular weight excluding hydrogens is 286 g/mol. The molecule has 1 N–H and O–H groups in total. The van der Waals surface area contributed by atoms with E-state index in [1.54, 1.807) is 6.92 Å². The molecule has 6 heteroatoms. The zero-order chi connectivity index (χ0) is 14.9. The Kier molecular flexibility index (Phi) is 3.99. The zero-order valence-corrected chi connectivity index (χ0v) is 11.6. The molecule has 1 heterocycles. The second-order valence-electron chi connectivity index (χ2n) is 4.34. The Bertz CT molecular complexity index is 689. The first-order valence-corrected chi connectivity index (χ1v) is 6.15. The summed E-state index contributed by atoms with van der Waals surface area (Å²) in [5.74, 6) is -1.96. The number of nitrogens with one attached hydrogen (secondary N) is 1.